The lowest BCUT2D eigenvalue weighted by Crippen LogP contribution is -1.70. The second-order valence-corrected chi connectivity index (χ2v) is 3.67. The van der Waals surface area contributed by atoms with E-state index >= 15 is 0 Å². The van der Waals surface area contributed by atoms with Crippen LogP contribution in [-0.4, -0.2) is 5.16 Å². The van der Waals surface area contributed by atoms with Gasteiger partial charge in [0.1, 0.15) is 0 Å². The monoisotopic (exact) mass is 243 g/mol. The molecule has 0 fully saturated rings. The fourth-order valence-corrected chi connectivity index (χ4v) is 1.82. The molecule has 0 amide bonds. The van der Waals surface area contributed by atoms with Gasteiger partial charge in [-0.25, -0.2) is 0 Å². The van der Waals surface area contributed by atoms with E-state index in [0.29, 0.717) is 0 Å². The van der Waals surface area contributed by atoms with Crippen molar-refractivity contribution in [3.05, 3.63) is 28.6 Å². The Labute approximate surface area is 82.3 Å². The van der Waals surface area contributed by atoms with E-state index in [1.54, 1.807) is 11.3 Å². The first-order valence-electron chi connectivity index (χ1n) is 3.44. The number of hydrogen-bond donors (Lipinski definition) is 0. The topological polar surface area (TPSA) is 26.0 Å². The molecular formula is C8H6BrNOS. The van der Waals surface area contributed by atoms with Crippen molar-refractivity contribution in [2.75, 3.05) is 0 Å². The van der Waals surface area contributed by atoms with Gasteiger partial charge in [0.2, 0.25) is 0 Å². The molecule has 0 radical (unpaired) electrons. The molecule has 0 N–H and O–H groups in total. The molecule has 2 nitrogen and oxygen atoms in total. The molecule has 2 aromatic heterocycles. The summed E-state index contributed by atoms with van der Waals surface area (Å²) in [5.41, 5.74) is 2.02. The van der Waals surface area contributed by atoms with Crippen molar-refractivity contribution in [3.8, 4) is 11.3 Å². The van der Waals surface area contributed by atoms with Gasteiger partial charge in [-0.3, -0.25) is 0 Å². The number of aromatic nitrogens is 1. The highest BCUT2D eigenvalue weighted by atomic mass is 79.9. The van der Waals surface area contributed by atoms with Gasteiger partial charge in [-0.2, -0.15) is 11.3 Å². The van der Waals surface area contributed by atoms with E-state index in [0.717, 1.165) is 22.3 Å². The number of halogens is 1. The van der Waals surface area contributed by atoms with Crippen molar-refractivity contribution in [2.45, 2.75) is 5.33 Å². The van der Waals surface area contributed by atoms with Gasteiger partial charge in [0.15, 0.2) is 5.76 Å². The van der Waals surface area contributed by atoms with Gasteiger partial charge in [0.05, 0.1) is 5.69 Å². The minimum absolute atomic E-state index is 0.737. The molecule has 62 valence electrons. The summed E-state index contributed by atoms with van der Waals surface area (Å²) in [6, 6.07) is 3.96. The highest BCUT2D eigenvalue weighted by molar-refractivity contribution is 9.08. The third-order valence-corrected chi connectivity index (χ3v) is 2.76. The third kappa shape index (κ3) is 1.44. The van der Waals surface area contributed by atoms with Crippen molar-refractivity contribution in [2.24, 2.45) is 0 Å². The summed E-state index contributed by atoms with van der Waals surface area (Å²) in [7, 11) is 0. The summed E-state index contributed by atoms with van der Waals surface area (Å²) in [5.74, 6) is 0.839. The van der Waals surface area contributed by atoms with Crippen LogP contribution in [0.2, 0.25) is 0 Å². The highest BCUT2D eigenvalue weighted by Crippen LogP contribution is 2.23. The Bertz CT molecular complexity index is 355. The lowest BCUT2D eigenvalue weighted by atomic mass is 10.2. The van der Waals surface area contributed by atoms with Gasteiger partial charge < -0.3 is 4.52 Å². The Morgan fingerprint density at radius 3 is 3.08 bits per heavy atom. The van der Waals surface area contributed by atoms with Crippen LogP contribution in [0, 0.1) is 0 Å². The number of nitrogens with zero attached hydrogens (tertiary/aromatic N) is 1. The van der Waals surface area contributed by atoms with E-state index in [1.165, 1.54) is 0 Å². The molecule has 0 saturated heterocycles. The number of thiophene rings is 1. The van der Waals surface area contributed by atoms with E-state index < -0.39 is 0 Å². The maximum atomic E-state index is 5.13. The normalized spacial score (nSPS) is 10.4. The molecule has 0 aliphatic carbocycles. The summed E-state index contributed by atoms with van der Waals surface area (Å²) in [6.45, 7) is 0. The van der Waals surface area contributed by atoms with Crippen LogP contribution in [0.25, 0.3) is 11.3 Å². The smallest absolute Gasteiger partial charge is 0.167 e. The van der Waals surface area contributed by atoms with Crippen molar-refractivity contribution < 1.29 is 4.52 Å². The predicted octanol–water partition coefficient (Wildman–Crippen LogP) is 3.30. The van der Waals surface area contributed by atoms with Gasteiger partial charge >= 0.3 is 0 Å². The maximum absolute atomic E-state index is 5.13. The Morgan fingerprint density at radius 2 is 2.50 bits per heavy atom. The summed E-state index contributed by atoms with van der Waals surface area (Å²) in [6.07, 6.45) is 0. The van der Waals surface area contributed by atoms with Crippen molar-refractivity contribution in [1.29, 1.82) is 0 Å². The summed E-state index contributed by atoms with van der Waals surface area (Å²) in [5, 5.41) is 8.67. The van der Waals surface area contributed by atoms with Crippen LogP contribution in [0.4, 0.5) is 0 Å². The molecule has 2 aromatic rings. The Kier molecular flexibility index (Phi) is 2.28. The van der Waals surface area contributed by atoms with Crippen molar-refractivity contribution in [3.63, 3.8) is 0 Å². The Hall–Kier alpha value is -0.610. The number of alkyl halides is 1. The molecule has 0 aliphatic rings. The molecule has 0 unspecified atom stereocenters. The van der Waals surface area contributed by atoms with Crippen LogP contribution in [0.3, 0.4) is 0 Å². The van der Waals surface area contributed by atoms with Gasteiger partial charge in [0.25, 0.3) is 0 Å². The lowest BCUT2D eigenvalue weighted by molar-refractivity contribution is 0.427. The average Bonchev–Trinajstić information content (AvgIpc) is 2.75. The molecule has 0 saturated carbocycles. The van der Waals surface area contributed by atoms with Crippen LogP contribution in [0.15, 0.2) is 27.4 Å². The second-order valence-electron chi connectivity index (χ2n) is 2.33. The lowest BCUT2D eigenvalue weighted by Gasteiger charge is -1.83. The standard InChI is InChI=1S/C8H6BrNOS/c9-4-7-3-8(11-10-7)6-1-2-12-5-6/h1-3,5H,4H2. The van der Waals surface area contributed by atoms with Crippen LogP contribution in [0.5, 0.6) is 0 Å². The van der Waals surface area contributed by atoms with Crippen molar-refractivity contribution in [1.82, 2.24) is 5.16 Å². The molecule has 0 aromatic carbocycles. The molecule has 12 heavy (non-hydrogen) atoms. The van der Waals surface area contributed by atoms with Crippen LogP contribution in [-0.2, 0) is 5.33 Å². The maximum Gasteiger partial charge on any atom is 0.167 e. The van der Waals surface area contributed by atoms with E-state index in [9.17, 15) is 0 Å². The first kappa shape index (κ1) is 8.01. The quantitative estimate of drug-likeness (QED) is 0.757. The largest absolute Gasteiger partial charge is 0.356 e. The molecule has 0 bridgehead atoms. The van der Waals surface area contributed by atoms with Gasteiger partial charge in [0, 0.05) is 22.3 Å². The van der Waals surface area contributed by atoms with Gasteiger partial charge in [-0.15, -0.1) is 0 Å². The zero-order valence-corrected chi connectivity index (χ0v) is 8.56. The zero-order chi connectivity index (χ0) is 8.39. The van der Waals surface area contributed by atoms with Gasteiger partial charge in [-0.1, -0.05) is 21.1 Å². The summed E-state index contributed by atoms with van der Waals surface area (Å²) >= 11 is 4.97. The fourth-order valence-electron chi connectivity index (χ4n) is 0.916. The first-order valence-corrected chi connectivity index (χ1v) is 5.50. The zero-order valence-electron chi connectivity index (χ0n) is 6.16. The van der Waals surface area contributed by atoms with Crippen LogP contribution in [0.1, 0.15) is 5.69 Å². The van der Waals surface area contributed by atoms with E-state index in [1.807, 2.05) is 22.9 Å². The minimum Gasteiger partial charge on any atom is -0.356 e. The minimum atomic E-state index is 0.737. The number of hydrogen-bond acceptors (Lipinski definition) is 3. The van der Waals surface area contributed by atoms with Crippen LogP contribution >= 0.6 is 27.3 Å². The molecule has 0 spiro atoms. The SMILES string of the molecule is BrCc1cc(-c2ccsc2)on1. The summed E-state index contributed by atoms with van der Waals surface area (Å²) in [4.78, 5) is 0. The van der Waals surface area contributed by atoms with Crippen LogP contribution < -0.4 is 0 Å². The molecule has 0 atom stereocenters. The first-order chi connectivity index (χ1) is 5.90. The van der Waals surface area contributed by atoms with E-state index in [4.69, 9.17) is 4.52 Å². The average molecular weight is 244 g/mol. The molecular weight excluding hydrogens is 238 g/mol. The van der Waals surface area contributed by atoms with E-state index in [-0.39, 0.29) is 0 Å². The summed E-state index contributed by atoms with van der Waals surface area (Å²) < 4.78 is 5.13. The molecule has 0 aliphatic heterocycles. The highest BCUT2D eigenvalue weighted by Gasteiger charge is 2.04. The van der Waals surface area contributed by atoms with Gasteiger partial charge in [-0.05, 0) is 11.4 Å². The van der Waals surface area contributed by atoms with Crippen molar-refractivity contribution >= 4 is 27.3 Å². The Morgan fingerprint density at radius 1 is 1.58 bits per heavy atom. The second kappa shape index (κ2) is 3.41. The molecule has 2 rings (SSSR count). The predicted molar refractivity (Wildman–Crippen MR) is 52.4 cm³/mol. The Balaban J connectivity index is 2.35. The molecule has 4 heteroatoms. The number of rotatable bonds is 2. The third-order valence-electron chi connectivity index (χ3n) is 1.50. The van der Waals surface area contributed by atoms with E-state index in [2.05, 4.69) is 21.1 Å². The molecule has 2 heterocycles. The fraction of sp³-hybridized carbons (Fsp3) is 0.125.